The number of hydrazone groups is 1. The Morgan fingerprint density at radius 2 is 2.12 bits per heavy atom. The van der Waals surface area contributed by atoms with Crippen LogP contribution in [0.3, 0.4) is 0 Å². The Kier molecular flexibility index (Phi) is 2.90. The van der Waals surface area contributed by atoms with Crippen LogP contribution in [-0.4, -0.2) is 11.7 Å². The van der Waals surface area contributed by atoms with Gasteiger partial charge in [-0.05, 0) is 48.9 Å². The van der Waals surface area contributed by atoms with Gasteiger partial charge in [-0.2, -0.15) is 5.10 Å². The predicted octanol–water partition coefficient (Wildman–Crippen LogP) is 1.57. The van der Waals surface area contributed by atoms with Gasteiger partial charge in [0.05, 0.1) is 5.71 Å². The van der Waals surface area contributed by atoms with E-state index in [-0.39, 0.29) is 0 Å². The van der Waals surface area contributed by atoms with E-state index >= 15 is 0 Å². The molecular formula is C12H15N3O. The van der Waals surface area contributed by atoms with Crippen molar-refractivity contribution in [3.8, 4) is 0 Å². The number of nitrogens with zero attached hydrogens (tertiary/aromatic N) is 1. The summed E-state index contributed by atoms with van der Waals surface area (Å²) in [5.74, 6) is 0. The summed E-state index contributed by atoms with van der Waals surface area (Å²) in [6, 6.07) is 5.68. The lowest BCUT2D eigenvalue weighted by atomic mass is 10.0. The zero-order valence-corrected chi connectivity index (χ0v) is 9.29. The molecule has 4 heteroatoms. The molecule has 16 heavy (non-hydrogen) atoms. The first-order valence-corrected chi connectivity index (χ1v) is 5.39. The minimum absolute atomic E-state index is 0.638. The van der Waals surface area contributed by atoms with Gasteiger partial charge in [0, 0.05) is 0 Å². The Morgan fingerprint density at radius 3 is 2.88 bits per heavy atom. The van der Waals surface area contributed by atoms with Gasteiger partial charge in [0.1, 0.15) is 0 Å². The molecule has 2 amide bonds. The number of carbonyl (C=O) groups excluding carboxylic acids is 1. The summed E-state index contributed by atoms with van der Waals surface area (Å²) in [5, 5.41) is 3.91. The summed E-state index contributed by atoms with van der Waals surface area (Å²) < 4.78 is 0. The number of carbonyl (C=O) groups is 1. The Balaban J connectivity index is 2.21. The average Bonchev–Trinajstić information content (AvgIpc) is 2.72. The molecule has 0 fully saturated rings. The van der Waals surface area contributed by atoms with E-state index in [1.807, 2.05) is 13.0 Å². The van der Waals surface area contributed by atoms with Crippen LogP contribution in [0.4, 0.5) is 4.79 Å². The molecule has 4 nitrogen and oxygen atoms in total. The molecule has 0 heterocycles. The lowest BCUT2D eigenvalue weighted by Crippen LogP contribution is -2.25. The fourth-order valence-corrected chi connectivity index (χ4v) is 2.00. The third kappa shape index (κ3) is 2.21. The summed E-state index contributed by atoms with van der Waals surface area (Å²) in [6.45, 7) is 1.85. The molecule has 0 saturated carbocycles. The second-order valence-corrected chi connectivity index (χ2v) is 4.01. The van der Waals surface area contributed by atoms with E-state index < -0.39 is 6.03 Å². The molecule has 1 aromatic rings. The highest BCUT2D eigenvalue weighted by Crippen LogP contribution is 2.22. The van der Waals surface area contributed by atoms with Crippen molar-refractivity contribution in [3.63, 3.8) is 0 Å². The molecule has 3 N–H and O–H groups in total. The molecule has 1 aliphatic rings. The Hall–Kier alpha value is -1.84. The van der Waals surface area contributed by atoms with E-state index in [0.717, 1.165) is 17.7 Å². The van der Waals surface area contributed by atoms with Crippen LogP contribution in [0.5, 0.6) is 0 Å². The molecule has 0 radical (unpaired) electrons. The molecule has 0 atom stereocenters. The van der Waals surface area contributed by atoms with E-state index in [1.54, 1.807) is 0 Å². The van der Waals surface area contributed by atoms with Gasteiger partial charge in [0.15, 0.2) is 0 Å². The van der Waals surface area contributed by atoms with Gasteiger partial charge in [0.2, 0.25) is 0 Å². The van der Waals surface area contributed by atoms with Crippen molar-refractivity contribution in [3.05, 3.63) is 34.9 Å². The molecule has 0 unspecified atom stereocenters. The molecule has 1 aliphatic carbocycles. The average molecular weight is 217 g/mol. The van der Waals surface area contributed by atoms with Crippen molar-refractivity contribution in [2.75, 3.05) is 0 Å². The number of nitrogens with two attached hydrogens (primary N) is 1. The number of amides is 2. The van der Waals surface area contributed by atoms with Crippen LogP contribution < -0.4 is 11.2 Å². The van der Waals surface area contributed by atoms with Crippen LogP contribution in [-0.2, 0) is 12.8 Å². The fourth-order valence-electron chi connectivity index (χ4n) is 2.00. The number of aryl methyl sites for hydroxylation is 2. The predicted molar refractivity (Wildman–Crippen MR) is 63.4 cm³/mol. The second kappa shape index (κ2) is 4.35. The number of hydrogen-bond donors (Lipinski definition) is 2. The van der Waals surface area contributed by atoms with Gasteiger partial charge in [-0.15, -0.1) is 0 Å². The third-order valence-electron chi connectivity index (χ3n) is 2.85. The normalized spacial score (nSPS) is 14.7. The first-order valence-electron chi connectivity index (χ1n) is 5.39. The van der Waals surface area contributed by atoms with Crippen LogP contribution in [0.25, 0.3) is 0 Å². The number of rotatable bonds is 2. The topological polar surface area (TPSA) is 67.5 Å². The van der Waals surface area contributed by atoms with Crippen molar-refractivity contribution in [2.45, 2.75) is 26.2 Å². The summed E-state index contributed by atoms with van der Waals surface area (Å²) in [4.78, 5) is 10.5. The zero-order valence-electron chi connectivity index (χ0n) is 9.29. The van der Waals surface area contributed by atoms with E-state index in [4.69, 9.17) is 5.73 Å². The number of urea groups is 1. The Labute approximate surface area is 94.5 Å². The smallest absolute Gasteiger partial charge is 0.332 e. The van der Waals surface area contributed by atoms with Gasteiger partial charge in [0.25, 0.3) is 0 Å². The van der Waals surface area contributed by atoms with Gasteiger partial charge >= 0.3 is 6.03 Å². The maximum atomic E-state index is 10.5. The standard InChI is InChI=1S/C12H15N3O/c1-8(14-15-12(13)16)10-6-5-9-3-2-4-11(9)7-10/h5-7H,2-4H2,1H3,(H3,13,15,16)/b14-8+. The monoisotopic (exact) mass is 217 g/mol. The summed E-state index contributed by atoms with van der Waals surface area (Å²) in [6.07, 6.45) is 3.54. The summed E-state index contributed by atoms with van der Waals surface area (Å²) in [7, 11) is 0. The van der Waals surface area contributed by atoms with E-state index in [0.29, 0.717) is 0 Å². The minimum atomic E-state index is -0.638. The highest BCUT2D eigenvalue weighted by Gasteiger charge is 2.11. The maximum Gasteiger partial charge on any atom is 0.332 e. The van der Waals surface area contributed by atoms with Crippen LogP contribution in [0, 0.1) is 0 Å². The molecule has 0 bridgehead atoms. The first-order chi connectivity index (χ1) is 7.66. The molecule has 1 aromatic carbocycles. The minimum Gasteiger partial charge on any atom is -0.350 e. The van der Waals surface area contributed by atoms with E-state index in [2.05, 4.69) is 22.7 Å². The molecule has 0 spiro atoms. The maximum absolute atomic E-state index is 10.5. The van der Waals surface area contributed by atoms with Crippen molar-refractivity contribution in [1.29, 1.82) is 0 Å². The van der Waals surface area contributed by atoms with Crippen LogP contribution in [0.1, 0.15) is 30.0 Å². The molecule has 84 valence electrons. The molecule has 0 aliphatic heterocycles. The largest absolute Gasteiger partial charge is 0.350 e. The number of primary amides is 1. The molecule has 2 rings (SSSR count). The lowest BCUT2D eigenvalue weighted by Gasteiger charge is -2.04. The quantitative estimate of drug-likeness (QED) is 0.573. The molecule has 0 saturated heterocycles. The van der Waals surface area contributed by atoms with Crippen molar-refractivity contribution < 1.29 is 4.79 Å². The van der Waals surface area contributed by atoms with Crippen LogP contribution in [0.15, 0.2) is 23.3 Å². The Bertz CT molecular complexity index is 452. The van der Waals surface area contributed by atoms with Gasteiger partial charge < -0.3 is 5.73 Å². The SMILES string of the molecule is C/C(=N\NC(N)=O)c1ccc2c(c1)CCC2. The number of fused-ring (bicyclic) bond motifs is 1. The van der Waals surface area contributed by atoms with Crippen molar-refractivity contribution in [1.82, 2.24) is 5.43 Å². The summed E-state index contributed by atoms with van der Waals surface area (Å²) in [5.41, 5.74) is 11.8. The third-order valence-corrected chi connectivity index (χ3v) is 2.85. The summed E-state index contributed by atoms with van der Waals surface area (Å²) >= 11 is 0. The van der Waals surface area contributed by atoms with Gasteiger partial charge in [-0.3, -0.25) is 0 Å². The fraction of sp³-hybridized carbons (Fsp3) is 0.333. The van der Waals surface area contributed by atoms with Gasteiger partial charge in [-0.25, -0.2) is 10.2 Å². The number of benzene rings is 1. The first kappa shape index (κ1) is 10.7. The van der Waals surface area contributed by atoms with Crippen LogP contribution >= 0.6 is 0 Å². The van der Waals surface area contributed by atoms with E-state index in [9.17, 15) is 4.79 Å². The highest BCUT2D eigenvalue weighted by atomic mass is 16.2. The molecule has 0 aromatic heterocycles. The van der Waals surface area contributed by atoms with Crippen molar-refractivity contribution in [2.24, 2.45) is 10.8 Å². The lowest BCUT2D eigenvalue weighted by molar-refractivity contribution is 0.249. The van der Waals surface area contributed by atoms with Gasteiger partial charge in [-0.1, -0.05) is 12.1 Å². The number of hydrogen-bond acceptors (Lipinski definition) is 2. The highest BCUT2D eigenvalue weighted by molar-refractivity contribution is 5.99. The van der Waals surface area contributed by atoms with E-state index in [1.165, 1.54) is 24.0 Å². The van der Waals surface area contributed by atoms with Crippen LogP contribution in [0.2, 0.25) is 0 Å². The number of nitrogens with one attached hydrogen (secondary N) is 1. The zero-order chi connectivity index (χ0) is 11.5. The molecular weight excluding hydrogens is 202 g/mol. The van der Waals surface area contributed by atoms with Crippen molar-refractivity contribution >= 4 is 11.7 Å². The second-order valence-electron chi connectivity index (χ2n) is 4.01. The Morgan fingerprint density at radius 1 is 1.38 bits per heavy atom.